The normalized spacial score (nSPS) is 16.2. The van der Waals surface area contributed by atoms with Crippen LogP contribution in [0.5, 0.6) is 0 Å². The van der Waals surface area contributed by atoms with Gasteiger partial charge in [-0.1, -0.05) is 18.2 Å². The molecule has 0 N–H and O–H groups in total. The number of hydrogen-bond donors (Lipinski definition) is 0. The summed E-state index contributed by atoms with van der Waals surface area (Å²) < 4.78 is 0. The highest BCUT2D eigenvalue weighted by molar-refractivity contribution is 7.12. The molecule has 0 saturated heterocycles. The quantitative estimate of drug-likeness (QED) is 0.642. The van der Waals surface area contributed by atoms with Gasteiger partial charge in [-0.05, 0) is 19.8 Å². The zero-order valence-electron chi connectivity index (χ0n) is 7.08. The average Bonchev–Trinajstić information content (AvgIpc) is 2.54. The Labute approximate surface area is 76.5 Å². The minimum absolute atomic E-state index is 1.16. The van der Waals surface area contributed by atoms with Gasteiger partial charge in [0.2, 0.25) is 0 Å². The lowest BCUT2D eigenvalue weighted by atomic mass is 10.1. The first kappa shape index (κ1) is 7.74. The summed E-state index contributed by atoms with van der Waals surface area (Å²) in [5.74, 6) is 0. The highest BCUT2D eigenvalue weighted by Crippen LogP contribution is 2.24. The van der Waals surface area contributed by atoms with Gasteiger partial charge in [-0.3, -0.25) is 0 Å². The maximum atomic E-state index is 4.34. The third kappa shape index (κ3) is 1.48. The molecule has 1 aromatic rings. The molecule has 2 rings (SSSR count). The fourth-order valence-corrected chi connectivity index (χ4v) is 2.05. The second-order valence-corrected chi connectivity index (χ2v) is 4.15. The number of thiazole rings is 1. The van der Waals surface area contributed by atoms with Crippen molar-refractivity contribution in [2.24, 2.45) is 0 Å². The Bertz CT molecular complexity index is 333. The van der Waals surface area contributed by atoms with Crippen LogP contribution in [0.15, 0.2) is 24.4 Å². The van der Waals surface area contributed by atoms with Gasteiger partial charge in [0.1, 0.15) is 5.01 Å². The fraction of sp³-hybridized carbons (Fsp3) is 0.300. The Morgan fingerprint density at radius 3 is 2.92 bits per heavy atom. The monoisotopic (exact) mass is 177 g/mol. The van der Waals surface area contributed by atoms with E-state index in [-0.39, 0.29) is 0 Å². The third-order valence-corrected chi connectivity index (χ3v) is 2.83. The second-order valence-electron chi connectivity index (χ2n) is 2.92. The molecule has 1 heterocycles. The van der Waals surface area contributed by atoms with E-state index < -0.39 is 0 Å². The number of aromatic nitrogens is 1. The Balaban J connectivity index is 2.30. The van der Waals surface area contributed by atoms with Crippen molar-refractivity contribution in [3.63, 3.8) is 0 Å². The molecule has 0 aromatic carbocycles. The van der Waals surface area contributed by atoms with Crippen LogP contribution in [0.25, 0.3) is 5.57 Å². The molecule has 0 spiro atoms. The van der Waals surface area contributed by atoms with Gasteiger partial charge < -0.3 is 0 Å². The van der Waals surface area contributed by atoms with E-state index in [2.05, 4.69) is 30.1 Å². The van der Waals surface area contributed by atoms with E-state index in [1.807, 2.05) is 6.20 Å². The van der Waals surface area contributed by atoms with Gasteiger partial charge in [-0.25, -0.2) is 4.98 Å². The van der Waals surface area contributed by atoms with Gasteiger partial charge in [-0.15, -0.1) is 11.3 Å². The van der Waals surface area contributed by atoms with E-state index in [1.165, 1.54) is 16.9 Å². The highest BCUT2D eigenvalue weighted by Gasteiger charge is 2.04. The number of nitrogens with zero attached hydrogens (tertiary/aromatic N) is 1. The van der Waals surface area contributed by atoms with E-state index in [0.29, 0.717) is 0 Å². The third-order valence-electron chi connectivity index (χ3n) is 1.86. The average molecular weight is 177 g/mol. The van der Waals surface area contributed by atoms with Crippen LogP contribution in [0.4, 0.5) is 0 Å². The smallest absolute Gasteiger partial charge is 0.123 e. The van der Waals surface area contributed by atoms with Gasteiger partial charge >= 0.3 is 0 Å². The van der Waals surface area contributed by atoms with Crippen molar-refractivity contribution in [1.82, 2.24) is 4.98 Å². The van der Waals surface area contributed by atoms with Crippen LogP contribution in [-0.4, -0.2) is 4.98 Å². The van der Waals surface area contributed by atoms with Crippen LogP contribution in [0.3, 0.4) is 0 Å². The Hall–Kier alpha value is -0.890. The zero-order valence-corrected chi connectivity index (χ0v) is 7.90. The zero-order chi connectivity index (χ0) is 8.39. The molecule has 12 heavy (non-hydrogen) atoms. The predicted molar refractivity (Wildman–Crippen MR) is 53.2 cm³/mol. The molecule has 0 aliphatic heterocycles. The van der Waals surface area contributed by atoms with Crippen molar-refractivity contribution in [2.45, 2.75) is 19.8 Å². The first-order valence-electron chi connectivity index (χ1n) is 4.16. The highest BCUT2D eigenvalue weighted by atomic mass is 32.1. The number of aryl methyl sites for hydroxylation is 1. The van der Waals surface area contributed by atoms with Gasteiger partial charge in [0.25, 0.3) is 0 Å². The number of hydrogen-bond acceptors (Lipinski definition) is 2. The molecule has 0 radical (unpaired) electrons. The van der Waals surface area contributed by atoms with E-state index in [4.69, 9.17) is 0 Å². The van der Waals surface area contributed by atoms with E-state index in [9.17, 15) is 0 Å². The number of allylic oxidation sites excluding steroid dienone is 4. The molecule has 1 aliphatic rings. The molecule has 2 heteroatoms. The van der Waals surface area contributed by atoms with Crippen molar-refractivity contribution in [3.8, 4) is 0 Å². The molecular weight excluding hydrogens is 166 g/mol. The molecule has 1 aliphatic carbocycles. The maximum Gasteiger partial charge on any atom is 0.123 e. The molecular formula is C10H11NS. The molecule has 1 aromatic heterocycles. The minimum Gasteiger partial charge on any atom is -0.244 e. The molecule has 0 fully saturated rings. The van der Waals surface area contributed by atoms with Crippen molar-refractivity contribution < 1.29 is 0 Å². The van der Waals surface area contributed by atoms with Crippen LogP contribution >= 0.6 is 11.3 Å². The van der Waals surface area contributed by atoms with Crippen molar-refractivity contribution in [2.75, 3.05) is 0 Å². The Morgan fingerprint density at radius 1 is 1.42 bits per heavy atom. The molecule has 0 bridgehead atoms. The summed E-state index contributed by atoms with van der Waals surface area (Å²) in [6, 6.07) is 0. The van der Waals surface area contributed by atoms with E-state index in [1.54, 1.807) is 11.3 Å². The van der Waals surface area contributed by atoms with Crippen LogP contribution in [-0.2, 0) is 0 Å². The van der Waals surface area contributed by atoms with Crippen LogP contribution in [0, 0.1) is 6.92 Å². The molecule has 0 unspecified atom stereocenters. The summed E-state index contributed by atoms with van der Waals surface area (Å²) in [7, 11) is 0. The number of rotatable bonds is 1. The molecule has 0 saturated carbocycles. The lowest BCUT2D eigenvalue weighted by Gasteiger charge is -2.01. The molecule has 62 valence electrons. The lowest BCUT2D eigenvalue weighted by Crippen LogP contribution is -1.83. The van der Waals surface area contributed by atoms with Gasteiger partial charge in [0.15, 0.2) is 0 Å². The predicted octanol–water partition coefficient (Wildman–Crippen LogP) is 3.18. The van der Waals surface area contributed by atoms with Crippen LogP contribution < -0.4 is 0 Å². The van der Waals surface area contributed by atoms with Crippen molar-refractivity contribution in [3.05, 3.63) is 34.3 Å². The summed E-state index contributed by atoms with van der Waals surface area (Å²) in [5.41, 5.74) is 1.29. The summed E-state index contributed by atoms with van der Waals surface area (Å²) in [4.78, 5) is 5.62. The van der Waals surface area contributed by atoms with Gasteiger partial charge in [0, 0.05) is 16.6 Å². The SMILES string of the molecule is Cc1cnc(C2=CCCC=C2)s1. The first-order valence-corrected chi connectivity index (χ1v) is 4.97. The van der Waals surface area contributed by atoms with E-state index >= 15 is 0 Å². The molecule has 1 nitrogen and oxygen atoms in total. The van der Waals surface area contributed by atoms with Crippen LogP contribution in [0.1, 0.15) is 22.7 Å². The fourth-order valence-electron chi connectivity index (χ4n) is 1.26. The summed E-state index contributed by atoms with van der Waals surface area (Å²) in [5, 5.41) is 1.16. The Morgan fingerprint density at radius 2 is 2.33 bits per heavy atom. The van der Waals surface area contributed by atoms with E-state index in [0.717, 1.165) is 11.4 Å². The summed E-state index contributed by atoms with van der Waals surface area (Å²) in [6.45, 7) is 2.09. The largest absolute Gasteiger partial charge is 0.244 e. The molecule has 0 amide bonds. The lowest BCUT2D eigenvalue weighted by molar-refractivity contribution is 1.04. The topological polar surface area (TPSA) is 12.9 Å². The second kappa shape index (κ2) is 3.23. The first-order chi connectivity index (χ1) is 5.86. The van der Waals surface area contributed by atoms with Gasteiger partial charge in [0.05, 0.1) is 0 Å². The maximum absolute atomic E-state index is 4.34. The molecule has 0 atom stereocenters. The minimum atomic E-state index is 1.16. The van der Waals surface area contributed by atoms with Crippen LogP contribution in [0.2, 0.25) is 0 Å². The van der Waals surface area contributed by atoms with Gasteiger partial charge in [-0.2, -0.15) is 0 Å². The standard InChI is InChI=1S/C10H11NS/c1-8-7-11-10(12-8)9-5-3-2-4-6-9/h3,5-7H,2,4H2,1H3. The van der Waals surface area contributed by atoms with Crippen molar-refractivity contribution in [1.29, 1.82) is 0 Å². The summed E-state index contributed by atoms with van der Waals surface area (Å²) >= 11 is 1.76. The summed E-state index contributed by atoms with van der Waals surface area (Å²) in [6.07, 6.45) is 10.9. The Kier molecular flexibility index (Phi) is 2.09. The van der Waals surface area contributed by atoms with Crippen molar-refractivity contribution >= 4 is 16.9 Å².